The van der Waals surface area contributed by atoms with Crippen molar-refractivity contribution < 1.29 is 14.3 Å². The number of hydrogen-bond acceptors (Lipinski definition) is 3. The Morgan fingerprint density at radius 1 is 1.14 bits per heavy atom. The highest BCUT2D eigenvalue weighted by molar-refractivity contribution is 6.08. The molecule has 1 saturated carbocycles. The van der Waals surface area contributed by atoms with Gasteiger partial charge in [-0.3, -0.25) is 9.59 Å². The van der Waals surface area contributed by atoms with Gasteiger partial charge in [0.2, 0.25) is 11.8 Å². The smallest absolute Gasteiger partial charge is 0.238 e. The van der Waals surface area contributed by atoms with Gasteiger partial charge in [0, 0.05) is 31.0 Å². The van der Waals surface area contributed by atoms with Crippen LogP contribution in [-0.4, -0.2) is 29.5 Å². The molecular weight excluding hydrogens is 364 g/mol. The molecule has 5 heteroatoms. The molecule has 2 bridgehead atoms. The Labute approximate surface area is 171 Å². The Morgan fingerprint density at radius 3 is 2.72 bits per heavy atom. The SMILES string of the molecule is Cc1ccccc1NC(=O)[C@@H]1C(=O)N(C)[C@@]23CCCC[C@@H]2[C@H]1c1ccccc1O3. The molecule has 2 aromatic carbocycles. The maximum Gasteiger partial charge on any atom is 0.238 e. The Hall–Kier alpha value is -2.82. The van der Waals surface area contributed by atoms with Crippen LogP contribution in [-0.2, 0) is 9.59 Å². The molecule has 2 aromatic rings. The first-order valence-electron chi connectivity index (χ1n) is 10.4. The third kappa shape index (κ3) is 2.60. The monoisotopic (exact) mass is 390 g/mol. The molecule has 0 radical (unpaired) electrons. The van der Waals surface area contributed by atoms with Gasteiger partial charge in [0.1, 0.15) is 11.7 Å². The van der Waals surface area contributed by atoms with Gasteiger partial charge in [0.15, 0.2) is 5.72 Å². The second-order valence-corrected chi connectivity index (χ2v) is 8.54. The van der Waals surface area contributed by atoms with E-state index >= 15 is 0 Å². The number of likely N-dealkylation sites (tertiary alicyclic amines) is 1. The largest absolute Gasteiger partial charge is 0.467 e. The number of piperidine rings is 1. The summed E-state index contributed by atoms with van der Waals surface area (Å²) >= 11 is 0. The van der Waals surface area contributed by atoms with Crippen LogP contribution in [0.15, 0.2) is 48.5 Å². The molecule has 0 spiro atoms. The van der Waals surface area contributed by atoms with Crippen molar-refractivity contribution >= 4 is 17.5 Å². The van der Waals surface area contributed by atoms with Gasteiger partial charge in [-0.2, -0.15) is 0 Å². The molecule has 2 aliphatic heterocycles. The van der Waals surface area contributed by atoms with Crippen molar-refractivity contribution in [2.75, 3.05) is 12.4 Å². The van der Waals surface area contributed by atoms with Crippen LogP contribution in [0.4, 0.5) is 5.69 Å². The molecule has 29 heavy (non-hydrogen) atoms. The van der Waals surface area contributed by atoms with Gasteiger partial charge in [-0.25, -0.2) is 0 Å². The van der Waals surface area contributed by atoms with Crippen molar-refractivity contribution in [3.05, 3.63) is 59.7 Å². The first kappa shape index (κ1) is 18.2. The average Bonchev–Trinajstić information content (AvgIpc) is 2.73. The minimum atomic E-state index is -0.749. The van der Waals surface area contributed by atoms with E-state index in [-0.39, 0.29) is 23.7 Å². The zero-order valence-corrected chi connectivity index (χ0v) is 16.9. The Bertz CT molecular complexity index is 988. The summed E-state index contributed by atoms with van der Waals surface area (Å²) in [6, 6.07) is 15.6. The van der Waals surface area contributed by atoms with E-state index in [1.165, 1.54) is 0 Å². The summed E-state index contributed by atoms with van der Waals surface area (Å²) in [7, 11) is 1.80. The fraction of sp³-hybridized carbons (Fsp3) is 0.417. The summed E-state index contributed by atoms with van der Waals surface area (Å²) in [6.45, 7) is 1.96. The van der Waals surface area contributed by atoms with Crippen LogP contribution in [0.25, 0.3) is 0 Å². The molecule has 3 aliphatic rings. The summed E-state index contributed by atoms with van der Waals surface area (Å²) in [5.41, 5.74) is 2.10. The number of carbonyl (C=O) groups is 2. The van der Waals surface area contributed by atoms with Gasteiger partial charge in [0.05, 0.1) is 0 Å². The standard InChI is InChI=1S/C24H26N2O3/c1-15-9-3-5-12-18(15)25-22(27)21-20-16-10-4-6-13-19(16)29-24(26(2)23(21)28)14-8-7-11-17(20)24/h3-6,9-10,12-13,17,20-21H,7-8,11,14H2,1-2H3,(H,25,27)/t17-,20-,21-,24-/m1/s1. The second-order valence-electron chi connectivity index (χ2n) is 8.54. The number of aryl methyl sites for hydroxylation is 1. The van der Waals surface area contributed by atoms with E-state index in [1.54, 1.807) is 11.9 Å². The van der Waals surface area contributed by atoms with Crippen molar-refractivity contribution in [1.29, 1.82) is 0 Å². The number of anilines is 1. The molecule has 1 aliphatic carbocycles. The highest BCUT2D eigenvalue weighted by Gasteiger charge is 2.63. The van der Waals surface area contributed by atoms with Gasteiger partial charge in [-0.05, 0) is 43.0 Å². The number of amides is 2. The molecule has 150 valence electrons. The van der Waals surface area contributed by atoms with Crippen molar-refractivity contribution in [2.45, 2.75) is 44.2 Å². The lowest BCUT2D eigenvalue weighted by molar-refractivity contribution is -0.201. The van der Waals surface area contributed by atoms with Crippen molar-refractivity contribution in [2.24, 2.45) is 11.8 Å². The molecule has 2 amide bonds. The highest BCUT2D eigenvalue weighted by atomic mass is 16.5. The fourth-order valence-electron chi connectivity index (χ4n) is 5.64. The average molecular weight is 390 g/mol. The van der Waals surface area contributed by atoms with Gasteiger partial charge < -0.3 is 15.0 Å². The molecule has 5 rings (SSSR count). The molecule has 5 nitrogen and oxygen atoms in total. The molecule has 1 saturated heterocycles. The third-order valence-corrected chi connectivity index (χ3v) is 7.09. The molecule has 2 heterocycles. The molecule has 2 fully saturated rings. The summed E-state index contributed by atoms with van der Waals surface area (Å²) in [5, 5.41) is 3.03. The quantitative estimate of drug-likeness (QED) is 0.786. The maximum atomic E-state index is 13.5. The first-order valence-corrected chi connectivity index (χ1v) is 10.4. The van der Waals surface area contributed by atoms with E-state index in [0.717, 1.165) is 48.2 Å². The van der Waals surface area contributed by atoms with Crippen LogP contribution >= 0.6 is 0 Å². The van der Waals surface area contributed by atoms with E-state index in [0.29, 0.717) is 0 Å². The minimum Gasteiger partial charge on any atom is -0.467 e. The molecular formula is C24H26N2O3. The normalized spacial score (nSPS) is 30.1. The number of hydrogen-bond donors (Lipinski definition) is 1. The van der Waals surface area contributed by atoms with Gasteiger partial charge in [-0.15, -0.1) is 0 Å². The summed E-state index contributed by atoms with van der Waals surface area (Å²) in [6.07, 6.45) is 3.91. The lowest BCUT2D eigenvalue weighted by Crippen LogP contribution is -2.70. The second kappa shape index (κ2) is 6.61. The zero-order chi connectivity index (χ0) is 20.2. The van der Waals surface area contributed by atoms with E-state index in [2.05, 4.69) is 5.32 Å². The molecule has 4 atom stereocenters. The number of rotatable bonds is 2. The van der Waals surface area contributed by atoms with Crippen molar-refractivity contribution in [3.63, 3.8) is 0 Å². The van der Waals surface area contributed by atoms with Crippen LogP contribution < -0.4 is 10.1 Å². The topological polar surface area (TPSA) is 58.6 Å². The van der Waals surface area contributed by atoms with E-state index in [1.807, 2.05) is 55.5 Å². The lowest BCUT2D eigenvalue weighted by atomic mass is 9.61. The van der Waals surface area contributed by atoms with Crippen molar-refractivity contribution in [3.8, 4) is 5.75 Å². The number of nitrogens with one attached hydrogen (secondary N) is 1. The Balaban J connectivity index is 1.60. The molecule has 0 unspecified atom stereocenters. The highest BCUT2D eigenvalue weighted by Crippen LogP contribution is 2.58. The number of fused-ring (bicyclic) bond motifs is 2. The van der Waals surface area contributed by atoms with E-state index in [4.69, 9.17) is 4.74 Å². The van der Waals surface area contributed by atoms with Crippen molar-refractivity contribution in [1.82, 2.24) is 4.90 Å². The third-order valence-electron chi connectivity index (χ3n) is 7.09. The van der Waals surface area contributed by atoms with Gasteiger partial charge in [-0.1, -0.05) is 42.8 Å². The van der Waals surface area contributed by atoms with Crippen LogP contribution in [0.5, 0.6) is 5.75 Å². The Kier molecular flexibility index (Phi) is 4.16. The Morgan fingerprint density at radius 2 is 1.90 bits per heavy atom. The molecule has 0 aromatic heterocycles. The predicted octanol–water partition coefficient (Wildman–Crippen LogP) is 4.08. The lowest BCUT2D eigenvalue weighted by Gasteiger charge is -2.59. The first-order chi connectivity index (χ1) is 14.0. The molecule has 1 N–H and O–H groups in total. The summed E-state index contributed by atoms with van der Waals surface area (Å²) < 4.78 is 6.52. The van der Waals surface area contributed by atoms with Crippen LogP contribution in [0.2, 0.25) is 0 Å². The van der Waals surface area contributed by atoms with Crippen LogP contribution in [0.3, 0.4) is 0 Å². The predicted molar refractivity (Wildman–Crippen MR) is 111 cm³/mol. The van der Waals surface area contributed by atoms with Gasteiger partial charge in [0.25, 0.3) is 0 Å². The number of nitrogens with zero attached hydrogens (tertiary/aromatic N) is 1. The van der Waals surface area contributed by atoms with E-state index in [9.17, 15) is 9.59 Å². The van der Waals surface area contributed by atoms with Gasteiger partial charge >= 0.3 is 0 Å². The van der Waals surface area contributed by atoms with Crippen LogP contribution in [0, 0.1) is 18.8 Å². The van der Waals surface area contributed by atoms with E-state index < -0.39 is 11.6 Å². The number of ether oxygens (including phenoxy) is 1. The summed E-state index contributed by atoms with van der Waals surface area (Å²) in [4.78, 5) is 28.7. The number of carbonyl (C=O) groups excluding carboxylic acids is 2. The minimum absolute atomic E-state index is 0.126. The summed E-state index contributed by atoms with van der Waals surface area (Å²) in [5.74, 6) is -0.343. The fourth-order valence-corrected chi connectivity index (χ4v) is 5.64. The zero-order valence-electron chi connectivity index (χ0n) is 16.9. The number of benzene rings is 2. The maximum absolute atomic E-state index is 13.5. The van der Waals surface area contributed by atoms with Crippen LogP contribution in [0.1, 0.15) is 42.7 Å². The number of para-hydroxylation sites is 2.